The maximum Gasteiger partial charge on any atom is 0.148 e. The van der Waals surface area contributed by atoms with Crippen LogP contribution in [0.4, 0.5) is 15.8 Å². The Kier molecular flexibility index (Phi) is 3.87. The van der Waals surface area contributed by atoms with E-state index in [4.69, 9.17) is 5.73 Å². The fraction of sp³-hybridized carbons (Fsp3) is 0.571. The first-order chi connectivity index (χ1) is 8.22. The number of nitrogens with zero attached hydrogens (tertiary/aromatic N) is 1. The molecule has 2 nitrogen and oxygen atoms in total. The second-order valence-electron chi connectivity index (χ2n) is 4.86. The highest BCUT2D eigenvalue weighted by Crippen LogP contribution is 2.29. The Morgan fingerprint density at radius 3 is 2.94 bits per heavy atom. The van der Waals surface area contributed by atoms with Crippen LogP contribution in [0.2, 0.25) is 0 Å². The molecular formula is C14H21FN2. The van der Waals surface area contributed by atoms with E-state index in [1.807, 2.05) is 6.07 Å². The second kappa shape index (κ2) is 5.39. The first kappa shape index (κ1) is 12.2. The standard InChI is InChI=1S/C14H21FN2/c1-2-11-5-4-9-17(10-8-11)13-7-3-6-12(15)14(13)16/h3,6-7,11H,2,4-5,8-10,16H2,1H3. The molecule has 0 spiro atoms. The van der Waals surface area contributed by atoms with Gasteiger partial charge >= 0.3 is 0 Å². The number of para-hydroxylation sites is 1. The molecule has 1 atom stereocenters. The Hall–Kier alpha value is -1.25. The molecular weight excluding hydrogens is 215 g/mol. The highest BCUT2D eigenvalue weighted by molar-refractivity contribution is 5.68. The number of rotatable bonds is 2. The molecule has 0 amide bonds. The van der Waals surface area contributed by atoms with Gasteiger partial charge in [-0.2, -0.15) is 0 Å². The smallest absolute Gasteiger partial charge is 0.148 e. The largest absolute Gasteiger partial charge is 0.395 e. The number of nitrogens with two attached hydrogens (primary N) is 1. The maximum absolute atomic E-state index is 13.4. The normalized spacial score (nSPS) is 21.3. The molecule has 94 valence electrons. The van der Waals surface area contributed by atoms with Crippen molar-refractivity contribution in [3.63, 3.8) is 0 Å². The number of anilines is 2. The van der Waals surface area contributed by atoms with Crippen molar-refractivity contribution in [2.24, 2.45) is 5.92 Å². The van der Waals surface area contributed by atoms with Gasteiger partial charge < -0.3 is 10.6 Å². The maximum atomic E-state index is 13.4. The molecule has 0 aromatic heterocycles. The van der Waals surface area contributed by atoms with Crippen molar-refractivity contribution < 1.29 is 4.39 Å². The molecule has 0 bridgehead atoms. The van der Waals surface area contributed by atoms with Crippen LogP contribution in [0.1, 0.15) is 32.6 Å². The third-order valence-electron chi connectivity index (χ3n) is 3.80. The Bertz CT molecular complexity index is 378. The van der Waals surface area contributed by atoms with Gasteiger partial charge in [-0.15, -0.1) is 0 Å². The van der Waals surface area contributed by atoms with E-state index in [-0.39, 0.29) is 5.82 Å². The third kappa shape index (κ3) is 2.71. The number of hydrogen-bond acceptors (Lipinski definition) is 2. The molecule has 1 aliphatic rings. The van der Waals surface area contributed by atoms with E-state index in [0.717, 1.165) is 24.7 Å². The zero-order chi connectivity index (χ0) is 12.3. The lowest BCUT2D eigenvalue weighted by Gasteiger charge is -2.24. The number of halogens is 1. The predicted octanol–water partition coefficient (Wildman–Crippen LogP) is 3.42. The average molecular weight is 236 g/mol. The molecule has 17 heavy (non-hydrogen) atoms. The minimum absolute atomic E-state index is 0.294. The Labute approximate surface area is 103 Å². The molecule has 0 saturated carbocycles. The van der Waals surface area contributed by atoms with Crippen LogP contribution in [0.3, 0.4) is 0 Å². The van der Waals surface area contributed by atoms with Crippen LogP contribution in [0, 0.1) is 11.7 Å². The van der Waals surface area contributed by atoms with Gasteiger partial charge in [-0.1, -0.05) is 19.4 Å². The lowest BCUT2D eigenvalue weighted by Crippen LogP contribution is -2.25. The molecule has 1 aromatic rings. The summed E-state index contributed by atoms with van der Waals surface area (Å²) in [6, 6.07) is 5.08. The van der Waals surface area contributed by atoms with Gasteiger partial charge in [0.05, 0.1) is 11.4 Å². The van der Waals surface area contributed by atoms with Gasteiger partial charge in [-0.3, -0.25) is 0 Å². The van der Waals surface area contributed by atoms with Gasteiger partial charge in [0, 0.05) is 13.1 Å². The highest BCUT2D eigenvalue weighted by atomic mass is 19.1. The summed E-state index contributed by atoms with van der Waals surface area (Å²) in [5.74, 6) is 0.508. The first-order valence-electron chi connectivity index (χ1n) is 6.51. The van der Waals surface area contributed by atoms with Crippen molar-refractivity contribution in [2.45, 2.75) is 32.6 Å². The fourth-order valence-corrected chi connectivity index (χ4v) is 2.62. The van der Waals surface area contributed by atoms with E-state index >= 15 is 0 Å². The van der Waals surface area contributed by atoms with E-state index in [2.05, 4.69) is 11.8 Å². The van der Waals surface area contributed by atoms with Gasteiger partial charge in [-0.25, -0.2) is 4.39 Å². The van der Waals surface area contributed by atoms with Gasteiger partial charge in [-0.05, 0) is 37.3 Å². The van der Waals surface area contributed by atoms with Gasteiger partial charge in [0.1, 0.15) is 5.82 Å². The summed E-state index contributed by atoms with van der Waals surface area (Å²) in [6.45, 7) is 4.23. The van der Waals surface area contributed by atoms with Crippen LogP contribution in [-0.4, -0.2) is 13.1 Å². The van der Waals surface area contributed by atoms with Crippen LogP contribution >= 0.6 is 0 Å². The lowest BCUT2D eigenvalue weighted by atomic mass is 9.98. The molecule has 2 rings (SSSR count). The van der Waals surface area contributed by atoms with E-state index in [9.17, 15) is 4.39 Å². The molecule has 0 aliphatic carbocycles. The predicted molar refractivity (Wildman–Crippen MR) is 70.7 cm³/mol. The minimum Gasteiger partial charge on any atom is -0.395 e. The molecule has 1 unspecified atom stereocenters. The average Bonchev–Trinajstić information content (AvgIpc) is 2.58. The monoisotopic (exact) mass is 236 g/mol. The molecule has 0 radical (unpaired) electrons. The van der Waals surface area contributed by atoms with Crippen molar-refractivity contribution in [1.82, 2.24) is 0 Å². The molecule has 1 saturated heterocycles. The summed E-state index contributed by atoms with van der Waals surface area (Å²) in [4.78, 5) is 2.23. The van der Waals surface area contributed by atoms with Crippen molar-refractivity contribution in [3.8, 4) is 0 Å². The summed E-state index contributed by atoms with van der Waals surface area (Å²) < 4.78 is 13.4. The van der Waals surface area contributed by atoms with E-state index in [0.29, 0.717) is 5.69 Å². The van der Waals surface area contributed by atoms with E-state index in [1.54, 1.807) is 6.07 Å². The summed E-state index contributed by atoms with van der Waals surface area (Å²) in [5.41, 5.74) is 6.97. The number of benzene rings is 1. The quantitative estimate of drug-likeness (QED) is 0.797. The summed E-state index contributed by atoms with van der Waals surface area (Å²) >= 11 is 0. The van der Waals surface area contributed by atoms with Crippen LogP contribution in [0.25, 0.3) is 0 Å². The highest BCUT2D eigenvalue weighted by Gasteiger charge is 2.18. The molecule has 2 N–H and O–H groups in total. The summed E-state index contributed by atoms with van der Waals surface area (Å²) in [6.07, 6.45) is 4.88. The zero-order valence-electron chi connectivity index (χ0n) is 10.5. The first-order valence-corrected chi connectivity index (χ1v) is 6.51. The van der Waals surface area contributed by atoms with Crippen molar-refractivity contribution >= 4 is 11.4 Å². The van der Waals surface area contributed by atoms with Crippen molar-refractivity contribution in [3.05, 3.63) is 24.0 Å². The van der Waals surface area contributed by atoms with Crippen LogP contribution < -0.4 is 10.6 Å². The van der Waals surface area contributed by atoms with Crippen LogP contribution in [-0.2, 0) is 0 Å². The fourth-order valence-electron chi connectivity index (χ4n) is 2.62. The minimum atomic E-state index is -0.307. The van der Waals surface area contributed by atoms with Gasteiger partial charge in [0.25, 0.3) is 0 Å². The lowest BCUT2D eigenvalue weighted by molar-refractivity contribution is 0.459. The second-order valence-corrected chi connectivity index (χ2v) is 4.86. The summed E-state index contributed by atoms with van der Waals surface area (Å²) in [5, 5.41) is 0. The topological polar surface area (TPSA) is 29.3 Å². The van der Waals surface area contributed by atoms with Gasteiger partial charge in [0.2, 0.25) is 0 Å². The molecule has 1 aromatic carbocycles. The number of nitrogen functional groups attached to an aromatic ring is 1. The van der Waals surface area contributed by atoms with Gasteiger partial charge in [0.15, 0.2) is 0 Å². The van der Waals surface area contributed by atoms with E-state index in [1.165, 1.54) is 31.7 Å². The Morgan fingerprint density at radius 1 is 1.35 bits per heavy atom. The van der Waals surface area contributed by atoms with Crippen LogP contribution in [0.5, 0.6) is 0 Å². The number of hydrogen-bond donors (Lipinski definition) is 1. The molecule has 1 heterocycles. The molecule has 1 aliphatic heterocycles. The van der Waals surface area contributed by atoms with Crippen molar-refractivity contribution in [2.75, 3.05) is 23.7 Å². The zero-order valence-corrected chi connectivity index (χ0v) is 10.5. The molecule has 3 heteroatoms. The Balaban J connectivity index is 2.14. The van der Waals surface area contributed by atoms with E-state index < -0.39 is 0 Å². The summed E-state index contributed by atoms with van der Waals surface area (Å²) in [7, 11) is 0. The van der Waals surface area contributed by atoms with Crippen molar-refractivity contribution in [1.29, 1.82) is 0 Å². The molecule has 1 fully saturated rings. The Morgan fingerprint density at radius 2 is 2.18 bits per heavy atom. The van der Waals surface area contributed by atoms with Crippen LogP contribution in [0.15, 0.2) is 18.2 Å². The third-order valence-corrected chi connectivity index (χ3v) is 3.80. The SMILES string of the molecule is CCC1CCCN(c2cccc(F)c2N)CC1.